The first-order valence-corrected chi connectivity index (χ1v) is 12.2. The van der Waals surface area contributed by atoms with Crippen LogP contribution in [0.1, 0.15) is 26.3 Å². The van der Waals surface area contributed by atoms with Gasteiger partial charge in [-0.15, -0.1) is 0 Å². The summed E-state index contributed by atoms with van der Waals surface area (Å²) >= 11 is 1.20. The molecule has 1 heterocycles. The fraction of sp³-hybridized carbons (Fsp3) is 0.130. The quantitative estimate of drug-likeness (QED) is 0.475. The fourth-order valence-electron chi connectivity index (χ4n) is 2.82. The summed E-state index contributed by atoms with van der Waals surface area (Å²) in [7, 11) is -0.907. The molecule has 0 radical (unpaired) electrons. The maximum Gasteiger partial charge on any atom is 0.335 e. The van der Waals surface area contributed by atoms with Crippen molar-refractivity contribution >= 4 is 45.1 Å². The molecule has 34 heavy (non-hydrogen) atoms. The Morgan fingerprint density at radius 1 is 1.06 bits per heavy atom. The second-order valence-electron chi connectivity index (χ2n) is 7.24. The number of sulfonamides is 1. The summed E-state index contributed by atoms with van der Waals surface area (Å²) in [5.74, 6) is -2.10. The van der Waals surface area contributed by atoms with Gasteiger partial charge in [-0.25, -0.2) is 17.5 Å². The van der Waals surface area contributed by atoms with E-state index in [9.17, 15) is 22.8 Å². The van der Waals surface area contributed by atoms with Gasteiger partial charge in [-0.1, -0.05) is 35.7 Å². The Balaban J connectivity index is 1.59. The maximum absolute atomic E-state index is 12.4. The number of nitrogens with zero attached hydrogens (tertiary/aromatic N) is 1. The lowest BCUT2D eigenvalue weighted by molar-refractivity contribution is -0.119. The number of carbonyl (C=O) groups is 3. The number of carboxylic acids is 1. The van der Waals surface area contributed by atoms with Gasteiger partial charge in [0.2, 0.25) is 15.9 Å². The molecule has 2 amide bonds. The molecule has 176 valence electrons. The highest BCUT2D eigenvalue weighted by atomic mass is 32.2. The minimum Gasteiger partial charge on any atom is -0.478 e. The molecule has 11 heteroatoms. The zero-order valence-corrected chi connectivity index (χ0v) is 19.9. The maximum atomic E-state index is 12.4. The van der Waals surface area contributed by atoms with E-state index in [1.165, 1.54) is 56.2 Å². The van der Waals surface area contributed by atoms with Crippen LogP contribution in [-0.4, -0.2) is 56.3 Å². The number of rotatable bonds is 8. The zero-order chi connectivity index (χ0) is 24.9. The van der Waals surface area contributed by atoms with Crippen molar-refractivity contribution in [3.05, 3.63) is 87.5 Å². The molecule has 2 aromatic rings. The molecular weight excluding hydrogens is 478 g/mol. The van der Waals surface area contributed by atoms with Gasteiger partial charge in [-0.05, 0) is 53.0 Å². The summed E-state index contributed by atoms with van der Waals surface area (Å²) in [4.78, 5) is 35.7. The molecule has 9 nitrogen and oxygen atoms in total. The van der Waals surface area contributed by atoms with E-state index in [1.807, 2.05) is 0 Å². The molecule has 0 spiro atoms. The predicted octanol–water partition coefficient (Wildman–Crippen LogP) is 2.27. The lowest BCUT2D eigenvalue weighted by atomic mass is 10.0. The Hall–Kier alpha value is -3.63. The Bertz CT molecular complexity index is 1360. The number of nitrogens with one attached hydrogen (secondary N) is 2. The minimum atomic E-state index is -3.69. The smallest absolute Gasteiger partial charge is 0.335 e. The van der Waals surface area contributed by atoms with E-state index in [-0.39, 0.29) is 22.6 Å². The molecule has 1 aliphatic rings. The Morgan fingerprint density at radius 2 is 1.76 bits per heavy atom. The van der Waals surface area contributed by atoms with Crippen LogP contribution < -0.4 is 10.6 Å². The van der Waals surface area contributed by atoms with Crippen molar-refractivity contribution in [1.29, 1.82) is 0 Å². The number of hydrogen-bond donors (Lipinski definition) is 3. The van der Waals surface area contributed by atoms with Crippen LogP contribution in [0.4, 0.5) is 0 Å². The van der Waals surface area contributed by atoms with E-state index >= 15 is 0 Å². The minimum absolute atomic E-state index is 0.0278. The molecule has 0 aliphatic carbocycles. The number of carbonyl (C=O) groups excluding carboxylic acids is 2. The number of carboxylic acid groups (broad SMARTS) is 1. The highest BCUT2D eigenvalue weighted by Crippen LogP contribution is 2.27. The van der Waals surface area contributed by atoms with Crippen LogP contribution in [0.15, 0.2) is 75.7 Å². The third-order valence-electron chi connectivity index (χ3n) is 4.64. The number of hydrogen-bond acceptors (Lipinski definition) is 6. The summed E-state index contributed by atoms with van der Waals surface area (Å²) in [5, 5.41) is 16.4. The molecule has 1 aliphatic heterocycles. The van der Waals surface area contributed by atoms with Gasteiger partial charge in [0.1, 0.15) is 5.03 Å². The first-order chi connectivity index (χ1) is 16.1. The molecule has 3 rings (SSSR count). The topological polar surface area (TPSA) is 133 Å². The number of amides is 2. The van der Waals surface area contributed by atoms with Crippen LogP contribution in [0, 0.1) is 0 Å². The van der Waals surface area contributed by atoms with E-state index in [0.717, 1.165) is 9.88 Å². The average Bonchev–Trinajstić information content (AvgIpc) is 2.83. The van der Waals surface area contributed by atoms with Gasteiger partial charge in [-0.2, -0.15) is 0 Å². The summed E-state index contributed by atoms with van der Waals surface area (Å²) < 4.78 is 25.5. The van der Waals surface area contributed by atoms with Crippen LogP contribution in [0.25, 0.3) is 5.57 Å². The van der Waals surface area contributed by atoms with Gasteiger partial charge in [0, 0.05) is 19.7 Å². The van der Waals surface area contributed by atoms with Crippen LogP contribution in [0.3, 0.4) is 0 Å². The van der Waals surface area contributed by atoms with Gasteiger partial charge in [-0.3, -0.25) is 9.59 Å². The molecule has 0 bridgehead atoms. The van der Waals surface area contributed by atoms with E-state index in [4.69, 9.17) is 5.11 Å². The standard InChI is InChI=1S/C23H21N3O6S2/c1-26(2)34(31,32)19-8-4-6-16(12-19)22(28)24-13-20(27)25-21-10-9-18(14-33-21)15-5-3-7-17(11-15)23(29)30/h3-9,11-12,14H,13H2,1-2H3,(H,24,28)(H,25,27)(H,29,30). The lowest BCUT2D eigenvalue weighted by Crippen LogP contribution is -2.36. The average molecular weight is 500 g/mol. The Labute approximate surface area is 200 Å². The Kier molecular flexibility index (Phi) is 7.75. The van der Waals surface area contributed by atoms with E-state index in [0.29, 0.717) is 10.6 Å². The van der Waals surface area contributed by atoms with Gasteiger partial charge in [0.25, 0.3) is 5.91 Å². The van der Waals surface area contributed by atoms with Crippen molar-refractivity contribution in [3.8, 4) is 0 Å². The van der Waals surface area contributed by atoms with Crippen molar-refractivity contribution in [3.63, 3.8) is 0 Å². The molecule has 0 saturated heterocycles. The van der Waals surface area contributed by atoms with Crippen LogP contribution >= 0.6 is 11.8 Å². The Morgan fingerprint density at radius 3 is 2.41 bits per heavy atom. The van der Waals surface area contributed by atoms with Gasteiger partial charge < -0.3 is 15.7 Å². The van der Waals surface area contributed by atoms with Crippen molar-refractivity contribution in [2.75, 3.05) is 20.6 Å². The fourth-order valence-corrected chi connectivity index (χ4v) is 4.52. The van der Waals surface area contributed by atoms with Crippen LogP contribution in [0.2, 0.25) is 0 Å². The van der Waals surface area contributed by atoms with Gasteiger partial charge in [0.05, 0.1) is 17.0 Å². The van der Waals surface area contributed by atoms with E-state index < -0.39 is 27.8 Å². The molecule has 3 N–H and O–H groups in total. The molecule has 0 fully saturated rings. The number of allylic oxidation sites excluding steroid dienone is 2. The first kappa shape index (κ1) is 25.0. The SMILES string of the molecule is CN(C)S(=O)(=O)c1cccc(C(=O)NCC(=O)NC2=C=CC(c3cccc(C(=O)O)c3)=CS2)c1. The third kappa shape index (κ3) is 6.03. The molecule has 0 atom stereocenters. The second kappa shape index (κ2) is 10.5. The monoisotopic (exact) mass is 499 g/mol. The summed E-state index contributed by atoms with van der Waals surface area (Å²) in [6, 6.07) is 12.0. The van der Waals surface area contributed by atoms with Crippen molar-refractivity contribution in [2.45, 2.75) is 4.90 Å². The normalized spacial score (nSPS) is 13.1. The highest BCUT2D eigenvalue weighted by molar-refractivity contribution is 8.06. The number of thioether (sulfide) groups is 1. The highest BCUT2D eigenvalue weighted by Gasteiger charge is 2.19. The van der Waals surface area contributed by atoms with Crippen LogP contribution in [0.5, 0.6) is 0 Å². The summed E-state index contributed by atoms with van der Waals surface area (Å²) in [6.45, 7) is -0.327. The molecular formula is C23H21N3O6S2. The zero-order valence-electron chi connectivity index (χ0n) is 18.2. The van der Waals surface area contributed by atoms with Crippen molar-refractivity contribution in [2.24, 2.45) is 0 Å². The molecule has 0 unspecified atom stereocenters. The molecule has 2 aromatic carbocycles. The number of benzene rings is 2. The van der Waals surface area contributed by atoms with Gasteiger partial charge >= 0.3 is 5.97 Å². The van der Waals surface area contributed by atoms with Crippen molar-refractivity contribution < 1.29 is 27.9 Å². The summed E-state index contributed by atoms with van der Waals surface area (Å²) in [5.41, 5.74) is 4.65. The predicted molar refractivity (Wildman–Crippen MR) is 128 cm³/mol. The lowest BCUT2D eigenvalue weighted by Gasteiger charge is -2.13. The van der Waals surface area contributed by atoms with Crippen LogP contribution in [-0.2, 0) is 14.8 Å². The summed E-state index contributed by atoms with van der Waals surface area (Å²) in [6.07, 6.45) is 1.63. The largest absolute Gasteiger partial charge is 0.478 e. The van der Waals surface area contributed by atoms with E-state index in [1.54, 1.807) is 29.7 Å². The molecule has 0 aromatic heterocycles. The third-order valence-corrected chi connectivity index (χ3v) is 7.28. The molecule has 0 saturated carbocycles. The first-order valence-electron chi connectivity index (χ1n) is 9.86. The second-order valence-corrected chi connectivity index (χ2v) is 10.3. The van der Waals surface area contributed by atoms with Crippen molar-refractivity contribution in [1.82, 2.24) is 14.9 Å². The number of aromatic carboxylic acids is 1. The van der Waals surface area contributed by atoms with E-state index in [2.05, 4.69) is 16.4 Å². The van der Waals surface area contributed by atoms with Gasteiger partial charge in [0.15, 0.2) is 0 Å².